The number of terminal acetylenes is 1. The largest absolute Gasteiger partial charge is 0.479 e. The number of ether oxygens (including phenoxy) is 4. The van der Waals surface area contributed by atoms with Crippen LogP contribution in [0.1, 0.15) is 57.4 Å². The summed E-state index contributed by atoms with van der Waals surface area (Å²) in [7, 11) is 0. The van der Waals surface area contributed by atoms with Crippen LogP contribution in [-0.4, -0.2) is 83.6 Å². The molecule has 0 spiro atoms. The standard InChI is InChI=1S/C31H30Cl2N4O10/c1-6-10-18-11-9-12-19(13-18)20(7-2)31(27(40)41,28(42)43)44-14-21-30(8-3,47-17(5)39)23(45-16(4)38)26(46-21)37-15-34-22-24(32)35-29(33)36-25(22)37/h3,6,9-13,15,20-21,23,26H,7,14H2,1-2,4-5H3,(H,40,41)(H,42,43)/t20?,21-,23+,26-,30-/m1/s1. The number of allylic oxidation sites excluding steroid dienone is 1. The molecule has 1 saturated heterocycles. The van der Waals surface area contributed by atoms with Gasteiger partial charge in [-0.3, -0.25) is 14.2 Å². The van der Waals surface area contributed by atoms with Crippen LogP contribution >= 0.6 is 23.2 Å². The number of rotatable bonds is 12. The molecule has 14 nitrogen and oxygen atoms in total. The molecule has 2 aromatic heterocycles. The van der Waals surface area contributed by atoms with Gasteiger partial charge in [-0.15, -0.1) is 6.42 Å². The van der Waals surface area contributed by atoms with Gasteiger partial charge in [0.15, 0.2) is 17.0 Å². The third-order valence-electron chi connectivity index (χ3n) is 7.59. The molecule has 0 bridgehead atoms. The van der Waals surface area contributed by atoms with Crippen LogP contribution in [0.5, 0.6) is 0 Å². The predicted molar refractivity (Wildman–Crippen MR) is 166 cm³/mol. The average Bonchev–Trinajstić information content (AvgIpc) is 3.54. The van der Waals surface area contributed by atoms with E-state index in [0.29, 0.717) is 11.1 Å². The monoisotopic (exact) mass is 688 g/mol. The zero-order chi connectivity index (χ0) is 34.7. The second-order valence-electron chi connectivity index (χ2n) is 10.5. The van der Waals surface area contributed by atoms with Gasteiger partial charge < -0.3 is 29.2 Å². The maximum absolute atomic E-state index is 12.9. The summed E-state index contributed by atoms with van der Waals surface area (Å²) in [5.41, 5.74) is -3.97. The Bertz CT molecular complexity index is 1770. The molecule has 3 heterocycles. The van der Waals surface area contributed by atoms with Crippen LogP contribution in [0.2, 0.25) is 10.4 Å². The molecule has 47 heavy (non-hydrogen) atoms. The number of hydrogen-bond donors (Lipinski definition) is 2. The minimum Gasteiger partial charge on any atom is -0.479 e. The van der Waals surface area contributed by atoms with Crippen molar-refractivity contribution in [1.82, 2.24) is 19.5 Å². The van der Waals surface area contributed by atoms with Crippen LogP contribution in [-0.2, 0) is 38.1 Å². The number of hydrogen-bond acceptors (Lipinski definition) is 11. The molecule has 1 unspecified atom stereocenters. The van der Waals surface area contributed by atoms with Crippen molar-refractivity contribution in [3.63, 3.8) is 0 Å². The highest BCUT2D eigenvalue weighted by Gasteiger charge is 2.64. The number of fused-ring (bicyclic) bond motifs is 1. The number of carbonyl (C=O) groups is 4. The molecule has 1 fully saturated rings. The van der Waals surface area contributed by atoms with E-state index in [4.69, 9.17) is 48.6 Å². The van der Waals surface area contributed by atoms with Crippen LogP contribution in [0.15, 0.2) is 36.7 Å². The lowest BCUT2D eigenvalue weighted by Gasteiger charge is -2.36. The molecule has 16 heteroatoms. The Morgan fingerprint density at radius 3 is 2.47 bits per heavy atom. The molecular formula is C31H30Cl2N4O10. The fraction of sp³-hybridized carbons (Fsp3) is 0.387. The van der Waals surface area contributed by atoms with Crippen LogP contribution in [0.3, 0.4) is 0 Å². The van der Waals surface area contributed by atoms with Gasteiger partial charge in [0.1, 0.15) is 11.6 Å². The van der Waals surface area contributed by atoms with Gasteiger partial charge in [0, 0.05) is 19.8 Å². The predicted octanol–water partition coefficient (Wildman–Crippen LogP) is 4.05. The molecule has 1 aliphatic rings. The summed E-state index contributed by atoms with van der Waals surface area (Å²) in [6.45, 7) is 4.66. The highest BCUT2D eigenvalue weighted by molar-refractivity contribution is 6.35. The Morgan fingerprint density at radius 2 is 1.89 bits per heavy atom. The van der Waals surface area contributed by atoms with Gasteiger partial charge >= 0.3 is 23.9 Å². The van der Waals surface area contributed by atoms with E-state index in [1.807, 2.05) is 0 Å². The lowest BCUT2D eigenvalue weighted by Crippen LogP contribution is -2.57. The molecule has 248 valence electrons. The van der Waals surface area contributed by atoms with E-state index < -0.39 is 66.0 Å². The summed E-state index contributed by atoms with van der Waals surface area (Å²) in [6, 6.07) is 6.69. The Hall–Kier alpha value is -4.55. The Balaban J connectivity index is 1.86. The number of aliphatic carboxylic acids is 2. The summed E-state index contributed by atoms with van der Waals surface area (Å²) in [4.78, 5) is 62.8. The lowest BCUT2D eigenvalue weighted by atomic mass is 9.79. The van der Waals surface area contributed by atoms with Crippen molar-refractivity contribution in [2.75, 3.05) is 6.61 Å². The van der Waals surface area contributed by atoms with Crippen molar-refractivity contribution in [2.24, 2.45) is 0 Å². The molecule has 0 aliphatic carbocycles. The summed E-state index contributed by atoms with van der Waals surface area (Å²) in [6.07, 6.45) is 6.06. The number of carboxylic acid groups (broad SMARTS) is 2. The van der Waals surface area contributed by atoms with E-state index >= 15 is 0 Å². The molecular weight excluding hydrogens is 659 g/mol. The highest BCUT2D eigenvalue weighted by atomic mass is 35.5. The molecule has 0 radical (unpaired) electrons. The molecule has 2 N–H and O–H groups in total. The summed E-state index contributed by atoms with van der Waals surface area (Å²) in [5, 5.41) is 20.6. The first kappa shape index (κ1) is 35.3. The quantitative estimate of drug-likeness (QED) is 0.0912. The van der Waals surface area contributed by atoms with Crippen LogP contribution in [0.25, 0.3) is 17.2 Å². The average molecular weight is 690 g/mol. The van der Waals surface area contributed by atoms with Crippen LogP contribution in [0, 0.1) is 12.3 Å². The number of nitrogens with zero attached hydrogens (tertiary/aromatic N) is 4. The van der Waals surface area contributed by atoms with Gasteiger partial charge in [0.05, 0.1) is 12.9 Å². The third-order valence-corrected chi connectivity index (χ3v) is 8.02. The zero-order valence-electron chi connectivity index (χ0n) is 25.5. The third kappa shape index (κ3) is 6.52. The fourth-order valence-electron chi connectivity index (χ4n) is 5.69. The van der Waals surface area contributed by atoms with Crippen molar-refractivity contribution in [3.05, 3.63) is 58.2 Å². The smallest absolute Gasteiger partial charge is 0.348 e. The molecule has 0 amide bonds. The first-order chi connectivity index (χ1) is 22.2. The molecule has 5 atom stereocenters. The van der Waals surface area contributed by atoms with E-state index in [-0.39, 0.29) is 28.0 Å². The number of carboxylic acids is 2. The zero-order valence-corrected chi connectivity index (χ0v) is 27.1. The molecule has 4 rings (SSSR count). The number of benzene rings is 1. The molecule has 3 aromatic rings. The van der Waals surface area contributed by atoms with E-state index in [2.05, 4.69) is 20.9 Å². The normalized spacial score (nSPS) is 21.8. The SMILES string of the molecule is C#C[C@@]1(OC(C)=O)[C@@H](COC(C(=O)O)(C(=O)O)C(CC)c2cccc(C=CC)c2)O[C@@H](n2cnc3c(Cl)nc(Cl)nc32)[C@@H]1OC(C)=O. The van der Waals surface area contributed by atoms with E-state index in [1.165, 1.54) is 10.9 Å². The van der Waals surface area contributed by atoms with E-state index in [0.717, 1.165) is 13.8 Å². The van der Waals surface area contributed by atoms with Crippen LogP contribution in [0.4, 0.5) is 0 Å². The Morgan fingerprint density at radius 1 is 1.19 bits per heavy atom. The highest BCUT2D eigenvalue weighted by Crippen LogP contribution is 2.45. The number of imidazole rings is 1. The maximum atomic E-state index is 12.9. The number of carbonyl (C=O) groups excluding carboxylic acids is 2. The van der Waals surface area contributed by atoms with Crippen molar-refractivity contribution in [3.8, 4) is 12.3 Å². The van der Waals surface area contributed by atoms with Crippen molar-refractivity contribution in [1.29, 1.82) is 0 Å². The van der Waals surface area contributed by atoms with Gasteiger partial charge in [0.2, 0.25) is 17.0 Å². The van der Waals surface area contributed by atoms with E-state index in [1.54, 1.807) is 50.3 Å². The second kappa shape index (κ2) is 14.1. The second-order valence-corrected chi connectivity index (χ2v) is 11.2. The first-order valence-corrected chi connectivity index (χ1v) is 14.9. The summed E-state index contributed by atoms with van der Waals surface area (Å²) >= 11 is 12.2. The molecule has 1 aliphatic heterocycles. The Kier molecular flexibility index (Phi) is 10.6. The number of halogens is 2. The lowest BCUT2D eigenvalue weighted by molar-refractivity contribution is -0.198. The summed E-state index contributed by atoms with van der Waals surface area (Å²) in [5.74, 6) is -4.29. The number of esters is 2. The van der Waals surface area contributed by atoms with Crippen molar-refractivity contribution < 1.29 is 48.3 Å². The summed E-state index contributed by atoms with van der Waals surface area (Å²) < 4.78 is 24.5. The van der Waals surface area contributed by atoms with Gasteiger partial charge in [-0.2, -0.15) is 4.98 Å². The maximum Gasteiger partial charge on any atom is 0.348 e. The number of aromatic nitrogens is 4. The minimum atomic E-state index is -2.88. The van der Waals surface area contributed by atoms with E-state index in [9.17, 15) is 29.4 Å². The van der Waals surface area contributed by atoms with Gasteiger partial charge in [-0.25, -0.2) is 19.6 Å². The van der Waals surface area contributed by atoms with Gasteiger partial charge in [0.25, 0.3) is 5.60 Å². The molecule has 1 aromatic carbocycles. The van der Waals surface area contributed by atoms with Gasteiger partial charge in [-0.1, -0.05) is 60.9 Å². The van der Waals surface area contributed by atoms with Crippen molar-refractivity contribution >= 4 is 64.3 Å². The fourth-order valence-corrected chi connectivity index (χ4v) is 6.12. The molecule has 0 saturated carbocycles. The van der Waals surface area contributed by atoms with Gasteiger partial charge in [-0.05, 0) is 36.1 Å². The minimum absolute atomic E-state index is 0.0185. The first-order valence-electron chi connectivity index (χ1n) is 14.1. The van der Waals surface area contributed by atoms with Crippen molar-refractivity contribution in [2.45, 2.75) is 69.7 Å². The topological polar surface area (TPSA) is 189 Å². The Labute approximate surface area is 278 Å². The van der Waals surface area contributed by atoms with Crippen LogP contribution < -0.4 is 0 Å².